The highest BCUT2D eigenvalue weighted by Crippen LogP contribution is 2.15. The first-order valence-corrected chi connectivity index (χ1v) is 7.11. The molecule has 6 nitrogen and oxygen atoms in total. The zero-order chi connectivity index (χ0) is 17.1. The van der Waals surface area contributed by atoms with Gasteiger partial charge in [-0.15, -0.1) is 0 Å². The lowest BCUT2D eigenvalue weighted by Gasteiger charge is -2.11. The first-order chi connectivity index (χ1) is 11.6. The van der Waals surface area contributed by atoms with Crippen LogP contribution in [-0.4, -0.2) is 15.6 Å². The van der Waals surface area contributed by atoms with Gasteiger partial charge in [0.05, 0.1) is 5.69 Å². The van der Waals surface area contributed by atoms with Crippen molar-refractivity contribution in [2.75, 3.05) is 5.73 Å². The summed E-state index contributed by atoms with van der Waals surface area (Å²) in [4.78, 5) is 25.0. The van der Waals surface area contributed by atoms with E-state index in [0.29, 0.717) is 11.3 Å². The zero-order valence-electron chi connectivity index (χ0n) is 12.5. The second-order valence-corrected chi connectivity index (χ2v) is 4.99. The van der Waals surface area contributed by atoms with Crippen molar-refractivity contribution in [3.8, 4) is 11.8 Å². The molecule has 0 radical (unpaired) electrons. The minimum Gasteiger partial charge on any atom is -0.382 e. The SMILES string of the molecule is N#Cc1c(N)n(-c2ccccc2)nc(C(=O)c2ccccc2)c1=O. The van der Waals surface area contributed by atoms with Crippen molar-refractivity contribution in [2.45, 2.75) is 0 Å². The average Bonchev–Trinajstić information content (AvgIpc) is 2.63. The summed E-state index contributed by atoms with van der Waals surface area (Å²) in [5.41, 5.74) is 5.36. The molecule has 24 heavy (non-hydrogen) atoms. The standard InChI is InChI=1S/C18H12N4O2/c19-11-14-17(24)15(16(23)12-7-3-1-4-8-12)21-22(18(14)20)13-9-5-2-6-10-13/h1-10H,20H2. The molecule has 6 heteroatoms. The van der Waals surface area contributed by atoms with Gasteiger partial charge < -0.3 is 5.73 Å². The van der Waals surface area contributed by atoms with Crippen molar-refractivity contribution in [2.24, 2.45) is 0 Å². The monoisotopic (exact) mass is 316 g/mol. The van der Waals surface area contributed by atoms with Crippen LogP contribution in [0.15, 0.2) is 65.5 Å². The molecule has 2 aromatic carbocycles. The van der Waals surface area contributed by atoms with Gasteiger partial charge in [0, 0.05) is 5.56 Å². The Morgan fingerprint density at radius 3 is 2.21 bits per heavy atom. The van der Waals surface area contributed by atoms with Crippen LogP contribution in [0, 0.1) is 11.3 Å². The van der Waals surface area contributed by atoms with E-state index in [2.05, 4.69) is 5.10 Å². The van der Waals surface area contributed by atoms with E-state index in [-0.39, 0.29) is 17.1 Å². The number of ketones is 1. The zero-order valence-corrected chi connectivity index (χ0v) is 12.5. The van der Waals surface area contributed by atoms with Crippen molar-refractivity contribution in [3.63, 3.8) is 0 Å². The van der Waals surface area contributed by atoms with Gasteiger partial charge in [-0.25, -0.2) is 4.68 Å². The third-order valence-corrected chi connectivity index (χ3v) is 3.49. The van der Waals surface area contributed by atoms with E-state index in [0.717, 1.165) is 0 Å². The van der Waals surface area contributed by atoms with Crippen LogP contribution in [0.25, 0.3) is 5.69 Å². The number of anilines is 1. The molecule has 0 saturated carbocycles. The van der Waals surface area contributed by atoms with Gasteiger partial charge >= 0.3 is 0 Å². The fourth-order valence-electron chi connectivity index (χ4n) is 2.29. The maximum atomic E-state index is 12.6. The van der Waals surface area contributed by atoms with E-state index in [1.807, 2.05) is 6.07 Å². The molecular formula is C18H12N4O2. The lowest BCUT2D eigenvalue weighted by molar-refractivity contribution is 0.103. The first-order valence-electron chi connectivity index (χ1n) is 7.11. The molecule has 0 unspecified atom stereocenters. The Hall–Kier alpha value is -3.72. The van der Waals surface area contributed by atoms with Crippen molar-refractivity contribution in [3.05, 3.63) is 87.7 Å². The molecule has 2 N–H and O–H groups in total. The van der Waals surface area contributed by atoms with Gasteiger partial charge in [-0.2, -0.15) is 10.4 Å². The molecule has 0 amide bonds. The minimum atomic E-state index is -0.768. The molecular weight excluding hydrogens is 304 g/mol. The highest BCUT2D eigenvalue weighted by molar-refractivity contribution is 6.07. The highest BCUT2D eigenvalue weighted by atomic mass is 16.1. The summed E-state index contributed by atoms with van der Waals surface area (Å²) < 4.78 is 1.23. The number of hydrogen-bond donors (Lipinski definition) is 1. The van der Waals surface area contributed by atoms with Gasteiger partial charge in [0.2, 0.25) is 11.2 Å². The first kappa shape index (κ1) is 15.2. The van der Waals surface area contributed by atoms with Crippen molar-refractivity contribution in [1.29, 1.82) is 5.26 Å². The summed E-state index contributed by atoms with van der Waals surface area (Å²) in [7, 11) is 0. The quantitative estimate of drug-likeness (QED) is 0.744. The van der Waals surface area contributed by atoms with Crippen LogP contribution in [0.2, 0.25) is 0 Å². The van der Waals surface area contributed by atoms with Crippen LogP contribution >= 0.6 is 0 Å². The molecule has 0 bridgehead atoms. The molecule has 0 spiro atoms. The number of nitrogen functional groups attached to an aromatic ring is 1. The summed E-state index contributed by atoms with van der Waals surface area (Å²) in [5, 5.41) is 13.4. The maximum absolute atomic E-state index is 12.6. The van der Waals surface area contributed by atoms with Gasteiger partial charge in [-0.1, -0.05) is 48.5 Å². The summed E-state index contributed by atoms with van der Waals surface area (Å²) in [6, 6.07) is 18.8. The van der Waals surface area contributed by atoms with E-state index in [1.54, 1.807) is 60.7 Å². The topological polar surface area (TPSA) is 102 Å². The van der Waals surface area contributed by atoms with Crippen molar-refractivity contribution >= 4 is 11.6 Å². The molecule has 0 fully saturated rings. The molecule has 116 valence electrons. The van der Waals surface area contributed by atoms with Gasteiger partial charge in [0.25, 0.3) is 0 Å². The fraction of sp³-hybridized carbons (Fsp3) is 0. The number of nitrogens with zero attached hydrogens (tertiary/aromatic N) is 3. The van der Waals surface area contributed by atoms with Crippen LogP contribution < -0.4 is 11.2 Å². The van der Waals surface area contributed by atoms with Crippen molar-refractivity contribution < 1.29 is 4.79 Å². The van der Waals surface area contributed by atoms with E-state index < -0.39 is 11.2 Å². The van der Waals surface area contributed by atoms with Gasteiger partial charge in [-0.05, 0) is 12.1 Å². The summed E-state index contributed by atoms with van der Waals surface area (Å²) in [6.45, 7) is 0. The Bertz CT molecular complexity index is 1000. The molecule has 1 aromatic heterocycles. The Balaban J connectivity index is 2.27. The number of benzene rings is 2. The lowest BCUT2D eigenvalue weighted by atomic mass is 10.1. The van der Waals surface area contributed by atoms with E-state index in [1.165, 1.54) is 4.68 Å². The highest BCUT2D eigenvalue weighted by Gasteiger charge is 2.22. The number of para-hydroxylation sites is 1. The molecule has 0 saturated heterocycles. The molecule has 3 aromatic rings. The van der Waals surface area contributed by atoms with E-state index >= 15 is 0 Å². The molecule has 0 atom stereocenters. The van der Waals surface area contributed by atoms with Crippen molar-refractivity contribution in [1.82, 2.24) is 9.78 Å². The predicted octanol–water partition coefficient (Wildman–Crippen LogP) is 1.92. The van der Waals surface area contributed by atoms with E-state index in [4.69, 9.17) is 5.73 Å². The lowest BCUT2D eigenvalue weighted by Crippen LogP contribution is -2.27. The van der Waals surface area contributed by atoms with Crippen LogP contribution in [0.4, 0.5) is 5.82 Å². The largest absolute Gasteiger partial charge is 0.382 e. The number of carbonyl (C=O) groups excluding carboxylic acids is 1. The van der Waals surface area contributed by atoms with Gasteiger partial charge in [0.1, 0.15) is 17.5 Å². The predicted molar refractivity (Wildman–Crippen MR) is 88.8 cm³/mol. The second-order valence-electron chi connectivity index (χ2n) is 4.99. The summed E-state index contributed by atoms with van der Waals surface area (Å²) >= 11 is 0. The average molecular weight is 316 g/mol. The Morgan fingerprint density at radius 1 is 1.04 bits per heavy atom. The van der Waals surface area contributed by atoms with Gasteiger partial charge in [0.15, 0.2) is 5.69 Å². The summed E-state index contributed by atoms with van der Waals surface area (Å²) in [5.74, 6) is -0.653. The number of rotatable bonds is 3. The Kier molecular flexibility index (Phi) is 3.91. The van der Waals surface area contributed by atoms with Crippen LogP contribution in [0.3, 0.4) is 0 Å². The number of nitrogens with two attached hydrogens (primary N) is 1. The normalized spacial score (nSPS) is 10.1. The fourth-order valence-corrected chi connectivity index (χ4v) is 2.29. The number of nitriles is 1. The minimum absolute atomic E-state index is 0.0988. The molecule has 3 rings (SSSR count). The smallest absolute Gasteiger partial charge is 0.231 e. The van der Waals surface area contributed by atoms with Gasteiger partial charge in [-0.3, -0.25) is 9.59 Å². The van der Waals surface area contributed by atoms with Crippen LogP contribution in [-0.2, 0) is 0 Å². The molecule has 0 aliphatic carbocycles. The third kappa shape index (κ3) is 2.55. The third-order valence-electron chi connectivity index (χ3n) is 3.49. The molecule has 0 aliphatic rings. The molecule has 0 aliphatic heterocycles. The van der Waals surface area contributed by atoms with Crippen LogP contribution in [0.1, 0.15) is 21.6 Å². The Labute approximate surface area is 137 Å². The van der Waals surface area contributed by atoms with E-state index in [9.17, 15) is 14.9 Å². The number of carbonyl (C=O) groups is 1. The number of aromatic nitrogens is 2. The van der Waals surface area contributed by atoms with Crippen LogP contribution in [0.5, 0.6) is 0 Å². The molecule has 1 heterocycles. The summed E-state index contributed by atoms with van der Waals surface area (Å²) in [6.07, 6.45) is 0. The number of hydrogen-bond acceptors (Lipinski definition) is 5. The Morgan fingerprint density at radius 2 is 1.62 bits per heavy atom. The maximum Gasteiger partial charge on any atom is 0.231 e. The second kappa shape index (κ2) is 6.18.